The van der Waals surface area contributed by atoms with E-state index in [1.54, 1.807) is 12.1 Å². The average Bonchev–Trinajstić information content (AvgIpc) is 2.67. The predicted molar refractivity (Wildman–Crippen MR) is 108 cm³/mol. The molecule has 0 saturated heterocycles. The first-order chi connectivity index (χ1) is 12.7. The molecule has 0 spiro atoms. The second-order valence-corrected chi connectivity index (χ2v) is 7.27. The molecule has 1 N–H and O–H groups in total. The Morgan fingerprint density at radius 3 is 2.00 bits per heavy atom. The van der Waals surface area contributed by atoms with E-state index in [2.05, 4.69) is 6.92 Å². The number of ether oxygens (including phenoxy) is 1. The molecule has 148 valence electrons. The average molecular weight is 363 g/mol. The Hall–Kier alpha value is -1.35. The summed E-state index contributed by atoms with van der Waals surface area (Å²) in [5.74, 6) is -0.250. The van der Waals surface area contributed by atoms with Gasteiger partial charge in [-0.05, 0) is 37.8 Å². The van der Waals surface area contributed by atoms with E-state index >= 15 is 0 Å². The van der Waals surface area contributed by atoms with Gasteiger partial charge in [0.1, 0.15) is 0 Å². The van der Waals surface area contributed by atoms with Crippen LogP contribution in [0.3, 0.4) is 0 Å². The van der Waals surface area contributed by atoms with E-state index in [-0.39, 0.29) is 12.1 Å². The van der Waals surface area contributed by atoms with Crippen LogP contribution in [-0.2, 0) is 4.74 Å². The Bertz CT molecular complexity index is 444. The minimum atomic E-state index is -0.250. The Kier molecular flexibility index (Phi) is 13.8. The second kappa shape index (κ2) is 15.9. The van der Waals surface area contributed by atoms with Gasteiger partial charge in [0.2, 0.25) is 0 Å². The summed E-state index contributed by atoms with van der Waals surface area (Å²) in [5, 5.41) is 10.0. The minimum absolute atomic E-state index is 0.165. The molecule has 1 unspecified atom stereocenters. The largest absolute Gasteiger partial charge is 0.462 e. The first-order valence-electron chi connectivity index (χ1n) is 10.6. The minimum Gasteiger partial charge on any atom is -0.462 e. The molecule has 1 atom stereocenters. The molecule has 0 aromatic heterocycles. The van der Waals surface area contributed by atoms with Crippen LogP contribution in [0.5, 0.6) is 0 Å². The lowest BCUT2D eigenvalue weighted by Gasteiger charge is -2.10. The summed E-state index contributed by atoms with van der Waals surface area (Å²) in [6.07, 6.45) is 14.9. The fourth-order valence-corrected chi connectivity index (χ4v) is 3.14. The molecule has 3 heteroatoms. The zero-order valence-corrected chi connectivity index (χ0v) is 16.6. The molecule has 1 aromatic carbocycles. The first-order valence-corrected chi connectivity index (χ1v) is 10.6. The third kappa shape index (κ3) is 12.1. The fraction of sp³-hybridized carbons (Fsp3) is 0.696. The summed E-state index contributed by atoms with van der Waals surface area (Å²) in [4.78, 5) is 11.8. The molecule has 0 aliphatic carbocycles. The van der Waals surface area contributed by atoms with Crippen molar-refractivity contribution in [1.29, 1.82) is 0 Å². The molecule has 1 aromatic rings. The lowest BCUT2D eigenvalue weighted by molar-refractivity contribution is 0.0495. The molecule has 0 saturated carbocycles. The van der Waals surface area contributed by atoms with Crippen molar-refractivity contribution in [2.24, 2.45) is 0 Å². The van der Waals surface area contributed by atoms with Gasteiger partial charge in [-0.25, -0.2) is 4.79 Å². The number of esters is 1. The fourth-order valence-electron chi connectivity index (χ4n) is 3.14. The van der Waals surface area contributed by atoms with Gasteiger partial charge in [-0.3, -0.25) is 0 Å². The van der Waals surface area contributed by atoms with Crippen molar-refractivity contribution in [3.8, 4) is 0 Å². The van der Waals surface area contributed by atoms with Crippen molar-refractivity contribution in [3.63, 3.8) is 0 Å². The third-order valence-electron chi connectivity index (χ3n) is 4.82. The van der Waals surface area contributed by atoms with E-state index in [1.165, 1.54) is 44.9 Å². The highest BCUT2D eigenvalue weighted by Gasteiger charge is 2.06. The number of hydrogen-bond donors (Lipinski definition) is 1. The molecule has 0 amide bonds. The van der Waals surface area contributed by atoms with Crippen LogP contribution in [0, 0.1) is 0 Å². The number of unbranched alkanes of at least 4 members (excludes halogenated alkanes) is 9. The quantitative estimate of drug-likeness (QED) is 0.277. The van der Waals surface area contributed by atoms with Crippen LogP contribution in [0.1, 0.15) is 101 Å². The smallest absolute Gasteiger partial charge is 0.338 e. The van der Waals surface area contributed by atoms with Crippen LogP contribution in [0.2, 0.25) is 0 Å². The Balaban J connectivity index is 1.87. The van der Waals surface area contributed by atoms with Crippen LogP contribution >= 0.6 is 0 Å². The highest BCUT2D eigenvalue weighted by atomic mass is 16.5. The molecule has 0 bridgehead atoms. The predicted octanol–water partition coefficient (Wildman–Crippen LogP) is 6.30. The van der Waals surface area contributed by atoms with Crippen LogP contribution < -0.4 is 0 Å². The van der Waals surface area contributed by atoms with E-state index in [4.69, 9.17) is 4.74 Å². The third-order valence-corrected chi connectivity index (χ3v) is 4.82. The van der Waals surface area contributed by atoms with Crippen molar-refractivity contribution in [1.82, 2.24) is 0 Å². The molecule has 0 fully saturated rings. The van der Waals surface area contributed by atoms with E-state index in [9.17, 15) is 9.90 Å². The van der Waals surface area contributed by atoms with Crippen LogP contribution in [-0.4, -0.2) is 23.8 Å². The zero-order valence-electron chi connectivity index (χ0n) is 16.6. The summed E-state index contributed by atoms with van der Waals surface area (Å²) in [6.45, 7) is 2.71. The van der Waals surface area contributed by atoms with Crippen LogP contribution in [0.4, 0.5) is 0 Å². The topological polar surface area (TPSA) is 46.5 Å². The van der Waals surface area contributed by atoms with Crippen molar-refractivity contribution in [3.05, 3.63) is 35.9 Å². The van der Waals surface area contributed by atoms with Crippen molar-refractivity contribution >= 4 is 5.97 Å². The number of aliphatic hydroxyl groups excluding tert-OH is 1. The van der Waals surface area contributed by atoms with Gasteiger partial charge < -0.3 is 9.84 Å². The highest BCUT2D eigenvalue weighted by molar-refractivity contribution is 5.89. The number of hydrogen-bond acceptors (Lipinski definition) is 3. The summed E-state index contributed by atoms with van der Waals surface area (Å²) >= 11 is 0. The molecular weight excluding hydrogens is 324 g/mol. The summed E-state index contributed by atoms with van der Waals surface area (Å²) < 4.78 is 5.26. The van der Waals surface area contributed by atoms with Gasteiger partial charge in [-0.2, -0.15) is 0 Å². The normalized spacial score (nSPS) is 12.1. The van der Waals surface area contributed by atoms with Gasteiger partial charge >= 0.3 is 5.97 Å². The standard InChI is InChI=1S/C23H38O3/c1-2-3-4-5-6-7-8-13-18-22(24)19-14-10-15-20-26-23(25)21-16-11-9-12-17-21/h9,11-12,16-17,22,24H,2-8,10,13-15,18-20H2,1H3. The van der Waals surface area contributed by atoms with Gasteiger partial charge in [0, 0.05) is 0 Å². The number of rotatable bonds is 16. The molecule has 0 radical (unpaired) electrons. The van der Waals surface area contributed by atoms with Gasteiger partial charge in [-0.15, -0.1) is 0 Å². The van der Waals surface area contributed by atoms with E-state index < -0.39 is 0 Å². The second-order valence-electron chi connectivity index (χ2n) is 7.27. The highest BCUT2D eigenvalue weighted by Crippen LogP contribution is 2.13. The maximum atomic E-state index is 11.8. The Morgan fingerprint density at radius 1 is 0.846 bits per heavy atom. The summed E-state index contributed by atoms with van der Waals surface area (Å²) in [5.41, 5.74) is 0.605. The van der Waals surface area contributed by atoms with Gasteiger partial charge in [0.05, 0.1) is 18.3 Å². The number of carbonyl (C=O) groups is 1. The van der Waals surface area contributed by atoms with Gasteiger partial charge in [0.15, 0.2) is 0 Å². The number of benzene rings is 1. The van der Waals surface area contributed by atoms with Crippen LogP contribution in [0.25, 0.3) is 0 Å². The van der Waals surface area contributed by atoms with Crippen molar-refractivity contribution < 1.29 is 14.6 Å². The van der Waals surface area contributed by atoms with Gasteiger partial charge in [0.25, 0.3) is 0 Å². The Morgan fingerprint density at radius 2 is 1.38 bits per heavy atom. The monoisotopic (exact) mass is 362 g/mol. The molecule has 1 rings (SSSR count). The molecule has 26 heavy (non-hydrogen) atoms. The zero-order chi connectivity index (χ0) is 18.9. The molecule has 0 heterocycles. The van der Waals surface area contributed by atoms with E-state index in [0.29, 0.717) is 12.2 Å². The molecule has 3 nitrogen and oxygen atoms in total. The molecule has 0 aliphatic rings. The van der Waals surface area contributed by atoms with Gasteiger partial charge in [-0.1, -0.05) is 82.9 Å². The first kappa shape index (κ1) is 22.7. The maximum absolute atomic E-state index is 11.8. The molecular formula is C23H38O3. The lowest BCUT2D eigenvalue weighted by atomic mass is 10.0. The Labute approximate surface area is 160 Å². The summed E-state index contributed by atoms with van der Waals surface area (Å²) in [7, 11) is 0. The van der Waals surface area contributed by atoms with Crippen molar-refractivity contribution in [2.75, 3.05) is 6.61 Å². The maximum Gasteiger partial charge on any atom is 0.338 e. The summed E-state index contributed by atoms with van der Waals surface area (Å²) in [6, 6.07) is 9.10. The number of carbonyl (C=O) groups excluding carboxylic acids is 1. The number of aliphatic hydroxyl groups is 1. The SMILES string of the molecule is CCCCCCCCCCC(O)CCCCCOC(=O)c1ccccc1. The van der Waals surface area contributed by atoms with Crippen molar-refractivity contribution in [2.45, 2.75) is 96.5 Å². The van der Waals surface area contributed by atoms with Crippen LogP contribution in [0.15, 0.2) is 30.3 Å². The lowest BCUT2D eigenvalue weighted by Crippen LogP contribution is -2.08. The van der Waals surface area contributed by atoms with E-state index in [1.807, 2.05) is 18.2 Å². The van der Waals surface area contributed by atoms with E-state index in [0.717, 1.165) is 38.5 Å². The molecule has 0 aliphatic heterocycles.